The molecule has 7 nitrogen and oxygen atoms in total. The molecule has 0 saturated carbocycles. The quantitative estimate of drug-likeness (QED) is 0.181. The van der Waals surface area contributed by atoms with Crippen LogP contribution in [0.1, 0.15) is 27.0 Å². The van der Waals surface area contributed by atoms with E-state index in [1.807, 2.05) is 42.7 Å². The van der Waals surface area contributed by atoms with E-state index in [0.717, 1.165) is 16.8 Å². The minimum atomic E-state index is -0.285. The fraction of sp³-hybridized carbons (Fsp3) is 0.0968. The van der Waals surface area contributed by atoms with E-state index >= 15 is 0 Å². The summed E-state index contributed by atoms with van der Waals surface area (Å²) in [5, 5.41) is 22.6. The number of nitrogens with zero attached hydrogens (tertiary/aromatic N) is 3. The Balaban J connectivity index is 1.41. The second-order valence-electron chi connectivity index (χ2n) is 9.03. The van der Waals surface area contributed by atoms with Crippen molar-refractivity contribution in [3.63, 3.8) is 0 Å². The van der Waals surface area contributed by atoms with Gasteiger partial charge < -0.3 is 10.4 Å². The molecule has 0 saturated heterocycles. The van der Waals surface area contributed by atoms with Gasteiger partial charge in [0.1, 0.15) is 5.75 Å². The van der Waals surface area contributed by atoms with Crippen LogP contribution in [0, 0.1) is 13.8 Å². The minimum absolute atomic E-state index is 0.0394. The van der Waals surface area contributed by atoms with Crippen LogP contribution in [0.25, 0.3) is 17.1 Å². The zero-order valence-corrected chi connectivity index (χ0v) is 22.3. The van der Waals surface area contributed by atoms with Gasteiger partial charge in [0.15, 0.2) is 16.8 Å². The Morgan fingerprint density at radius 2 is 1.59 bits per heavy atom. The van der Waals surface area contributed by atoms with Crippen LogP contribution in [0.4, 0.5) is 5.69 Å². The first kappa shape index (κ1) is 25.9. The van der Waals surface area contributed by atoms with E-state index in [2.05, 4.69) is 21.6 Å². The number of aromatic nitrogens is 3. The molecule has 5 rings (SSSR count). The van der Waals surface area contributed by atoms with Gasteiger partial charge in [-0.3, -0.25) is 14.2 Å². The van der Waals surface area contributed by atoms with Crippen LogP contribution >= 0.6 is 11.8 Å². The predicted molar refractivity (Wildman–Crippen MR) is 154 cm³/mol. The number of thioether (sulfide) groups is 1. The monoisotopic (exact) mass is 534 g/mol. The number of nitrogens with one attached hydrogen (secondary N) is 1. The molecule has 0 aliphatic carbocycles. The average Bonchev–Trinajstić information content (AvgIpc) is 3.36. The highest BCUT2D eigenvalue weighted by molar-refractivity contribution is 7.99. The topological polar surface area (TPSA) is 97.1 Å². The molecule has 0 aliphatic rings. The predicted octanol–water partition coefficient (Wildman–Crippen LogP) is 6.22. The fourth-order valence-corrected chi connectivity index (χ4v) is 5.07. The van der Waals surface area contributed by atoms with Gasteiger partial charge >= 0.3 is 0 Å². The summed E-state index contributed by atoms with van der Waals surface area (Å²) in [6.45, 7) is 4.02. The number of para-hydroxylation sites is 2. The molecule has 8 heteroatoms. The largest absolute Gasteiger partial charge is 0.507 e. The van der Waals surface area contributed by atoms with Gasteiger partial charge in [-0.05, 0) is 49.7 Å². The fourth-order valence-electron chi connectivity index (χ4n) is 4.33. The number of carbonyl (C=O) groups excluding carboxylic acids is 2. The van der Waals surface area contributed by atoms with E-state index in [1.165, 1.54) is 11.8 Å². The van der Waals surface area contributed by atoms with Crippen molar-refractivity contribution in [1.82, 2.24) is 14.8 Å². The van der Waals surface area contributed by atoms with Gasteiger partial charge in [-0.15, -0.1) is 10.2 Å². The van der Waals surface area contributed by atoms with Gasteiger partial charge in [-0.2, -0.15) is 0 Å². The molecule has 0 radical (unpaired) electrons. The van der Waals surface area contributed by atoms with E-state index in [1.54, 1.807) is 66.7 Å². The lowest BCUT2D eigenvalue weighted by Crippen LogP contribution is -2.17. The van der Waals surface area contributed by atoms with Crippen molar-refractivity contribution >= 4 is 29.1 Å². The van der Waals surface area contributed by atoms with Crippen molar-refractivity contribution in [2.24, 2.45) is 0 Å². The standard InChI is InChI=1S/C31H26N4O3S/c1-20-16-17-26(21(2)18-20)35-30(24-13-7-9-15-27(24)36)33-34-31(35)39-19-28(37)32-25-14-8-6-12-23(25)29(38)22-10-4-3-5-11-22/h3-18,36H,19H2,1-2H3,(H,32,37). The number of aromatic hydroxyl groups is 1. The first-order valence-electron chi connectivity index (χ1n) is 12.3. The number of anilines is 1. The molecule has 194 valence electrons. The molecule has 0 bridgehead atoms. The van der Waals surface area contributed by atoms with Gasteiger partial charge in [0, 0.05) is 11.1 Å². The molecule has 0 fully saturated rings. The second kappa shape index (κ2) is 11.4. The van der Waals surface area contributed by atoms with Crippen LogP contribution in [0.3, 0.4) is 0 Å². The van der Waals surface area contributed by atoms with E-state index < -0.39 is 0 Å². The van der Waals surface area contributed by atoms with E-state index in [-0.39, 0.29) is 23.2 Å². The highest BCUT2D eigenvalue weighted by Crippen LogP contribution is 2.34. The van der Waals surface area contributed by atoms with Crippen molar-refractivity contribution in [3.8, 4) is 22.8 Å². The Kier molecular flexibility index (Phi) is 7.56. The lowest BCUT2D eigenvalue weighted by molar-refractivity contribution is -0.113. The Morgan fingerprint density at radius 3 is 2.36 bits per heavy atom. The Hall–Kier alpha value is -4.69. The molecule has 4 aromatic carbocycles. The number of benzene rings is 4. The molecule has 1 amide bonds. The van der Waals surface area contributed by atoms with E-state index in [4.69, 9.17) is 0 Å². The third kappa shape index (κ3) is 5.61. The number of ketones is 1. The zero-order chi connectivity index (χ0) is 27.4. The van der Waals surface area contributed by atoms with Gasteiger partial charge in [0.2, 0.25) is 5.91 Å². The van der Waals surface area contributed by atoms with Crippen LogP contribution < -0.4 is 5.32 Å². The number of amides is 1. The smallest absolute Gasteiger partial charge is 0.234 e. The minimum Gasteiger partial charge on any atom is -0.507 e. The normalized spacial score (nSPS) is 10.8. The summed E-state index contributed by atoms with van der Waals surface area (Å²) in [7, 11) is 0. The van der Waals surface area contributed by atoms with Crippen LogP contribution in [-0.2, 0) is 4.79 Å². The molecular formula is C31H26N4O3S. The maximum absolute atomic E-state index is 13.1. The third-order valence-electron chi connectivity index (χ3n) is 6.19. The lowest BCUT2D eigenvalue weighted by atomic mass is 10.0. The van der Waals surface area contributed by atoms with Crippen molar-refractivity contribution in [2.45, 2.75) is 19.0 Å². The summed E-state index contributed by atoms with van der Waals surface area (Å²) in [6.07, 6.45) is 0. The third-order valence-corrected chi connectivity index (χ3v) is 7.11. The Labute approximate surface area is 230 Å². The van der Waals surface area contributed by atoms with Crippen LogP contribution in [0.15, 0.2) is 102 Å². The summed E-state index contributed by atoms with van der Waals surface area (Å²) >= 11 is 1.22. The van der Waals surface area contributed by atoms with Gasteiger partial charge in [0.25, 0.3) is 0 Å². The molecule has 0 aliphatic heterocycles. The molecular weight excluding hydrogens is 508 g/mol. The highest BCUT2D eigenvalue weighted by atomic mass is 32.2. The maximum Gasteiger partial charge on any atom is 0.234 e. The molecule has 1 aromatic heterocycles. The average molecular weight is 535 g/mol. The number of carbonyl (C=O) groups is 2. The summed E-state index contributed by atoms with van der Waals surface area (Å²) in [5.74, 6) is 0.151. The molecule has 0 atom stereocenters. The Morgan fingerprint density at radius 1 is 0.872 bits per heavy atom. The Bertz CT molecular complexity index is 1660. The molecule has 0 unspecified atom stereocenters. The van der Waals surface area contributed by atoms with Gasteiger partial charge in [-0.1, -0.05) is 84.1 Å². The van der Waals surface area contributed by atoms with Crippen molar-refractivity contribution in [3.05, 3.63) is 119 Å². The lowest BCUT2D eigenvalue weighted by Gasteiger charge is -2.14. The summed E-state index contributed by atoms with van der Waals surface area (Å²) in [4.78, 5) is 26.1. The molecule has 1 heterocycles. The second-order valence-corrected chi connectivity index (χ2v) is 9.97. The number of hydrogen-bond acceptors (Lipinski definition) is 6. The van der Waals surface area contributed by atoms with E-state index in [9.17, 15) is 14.7 Å². The van der Waals surface area contributed by atoms with Crippen LogP contribution in [-0.4, -0.2) is 37.3 Å². The summed E-state index contributed by atoms with van der Waals surface area (Å²) in [6, 6.07) is 28.9. The molecule has 5 aromatic rings. The SMILES string of the molecule is Cc1ccc(-n2c(SCC(=O)Nc3ccccc3C(=O)c3ccccc3)nnc2-c2ccccc2O)c(C)c1. The van der Waals surface area contributed by atoms with Gasteiger partial charge in [0.05, 0.1) is 22.7 Å². The summed E-state index contributed by atoms with van der Waals surface area (Å²) in [5.41, 5.74) is 4.92. The van der Waals surface area contributed by atoms with Crippen molar-refractivity contribution in [2.75, 3.05) is 11.1 Å². The number of hydrogen-bond donors (Lipinski definition) is 2. The van der Waals surface area contributed by atoms with Crippen LogP contribution in [0.2, 0.25) is 0 Å². The van der Waals surface area contributed by atoms with Crippen molar-refractivity contribution in [1.29, 1.82) is 0 Å². The number of aryl methyl sites for hydroxylation is 2. The van der Waals surface area contributed by atoms with Gasteiger partial charge in [-0.25, -0.2) is 0 Å². The maximum atomic E-state index is 13.1. The molecule has 0 spiro atoms. The number of phenols is 1. The first-order chi connectivity index (χ1) is 18.9. The highest BCUT2D eigenvalue weighted by Gasteiger charge is 2.21. The zero-order valence-electron chi connectivity index (χ0n) is 21.5. The summed E-state index contributed by atoms with van der Waals surface area (Å²) < 4.78 is 1.86. The van der Waals surface area contributed by atoms with Crippen molar-refractivity contribution < 1.29 is 14.7 Å². The molecule has 39 heavy (non-hydrogen) atoms. The first-order valence-corrected chi connectivity index (χ1v) is 13.3. The van der Waals surface area contributed by atoms with Crippen LogP contribution in [0.5, 0.6) is 5.75 Å². The number of phenolic OH excluding ortho intramolecular Hbond substituents is 1. The van der Waals surface area contributed by atoms with E-state index in [0.29, 0.717) is 33.4 Å². The molecule has 2 N–H and O–H groups in total. The number of rotatable bonds is 8.